The average Bonchev–Trinajstić information content (AvgIpc) is 2.48. The Balaban J connectivity index is 2.44. The number of nitrogen functional groups attached to an aromatic ring is 1. The summed E-state index contributed by atoms with van der Waals surface area (Å²) in [6, 6.07) is 7.98. The molecule has 0 aliphatic carbocycles. The zero-order valence-corrected chi connectivity index (χ0v) is 9.32. The Labute approximate surface area is 90.7 Å². The largest absolute Gasteiger partial charge is 0.369 e. The maximum absolute atomic E-state index is 5.65. The number of nitrogens with zero attached hydrogens (tertiary/aromatic N) is 2. The lowest BCUT2D eigenvalue weighted by Crippen LogP contribution is -1.94. The van der Waals surface area contributed by atoms with Crippen LogP contribution in [0.3, 0.4) is 0 Å². The fourth-order valence-corrected chi connectivity index (χ4v) is 1.50. The normalized spacial score (nSPS) is 10.4. The van der Waals surface area contributed by atoms with Crippen molar-refractivity contribution in [1.82, 2.24) is 9.55 Å². The van der Waals surface area contributed by atoms with E-state index in [-0.39, 0.29) is 0 Å². The molecule has 0 fully saturated rings. The van der Waals surface area contributed by atoms with Gasteiger partial charge in [0.15, 0.2) is 5.95 Å². The molecule has 2 aromatic rings. The van der Waals surface area contributed by atoms with Gasteiger partial charge in [0.1, 0.15) is 0 Å². The lowest BCUT2D eigenvalue weighted by molar-refractivity contribution is 0.930. The van der Waals surface area contributed by atoms with E-state index in [1.165, 1.54) is 0 Å². The highest BCUT2D eigenvalue weighted by Gasteiger charge is 2.03. The summed E-state index contributed by atoms with van der Waals surface area (Å²) in [4.78, 5) is 4.24. The van der Waals surface area contributed by atoms with Gasteiger partial charge in [-0.2, -0.15) is 0 Å². The summed E-state index contributed by atoms with van der Waals surface area (Å²) in [7, 11) is 1.88. The number of aromatic nitrogens is 2. The Morgan fingerprint density at radius 3 is 2.43 bits per heavy atom. The smallest absolute Gasteiger partial charge is 0.200 e. The van der Waals surface area contributed by atoms with E-state index in [0.29, 0.717) is 5.95 Å². The van der Waals surface area contributed by atoms with E-state index in [1.54, 1.807) is 4.57 Å². The van der Waals surface area contributed by atoms with Crippen molar-refractivity contribution in [3.05, 3.63) is 34.9 Å². The van der Waals surface area contributed by atoms with E-state index in [1.807, 2.05) is 37.5 Å². The third-order valence-corrected chi connectivity index (χ3v) is 2.58. The van der Waals surface area contributed by atoms with E-state index in [2.05, 4.69) is 20.9 Å². The summed E-state index contributed by atoms with van der Waals surface area (Å²) >= 11 is 3.39. The number of benzene rings is 1. The average molecular weight is 252 g/mol. The number of anilines is 1. The Kier molecular flexibility index (Phi) is 2.29. The molecule has 1 aromatic carbocycles. The SMILES string of the molecule is Cn1cc(-c2ccc(Br)cc2)nc1N. The van der Waals surface area contributed by atoms with E-state index in [4.69, 9.17) is 5.73 Å². The molecule has 72 valence electrons. The van der Waals surface area contributed by atoms with Crippen molar-refractivity contribution in [3.63, 3.8) is 0 Å². The van der Waals surface area contributed by atoms with Crippen molar-refractivity contribution in [2.24, 2.45) is 7.05 Å². The molecule has 0 radical (unpaired) electrons. The van der Waals surface area contributed by atoms with Crippen LogP contribution >= 0.6 is 15.9 Å². The first kappa shape index (κ1) is 9.27. The predicted molar refractivity (Wildman–Crippen MR) is 60.8 cm³/mol. The second kappa shape index (κ2) is 3.46. The molecule has 0 unspecified atom stereocenters. The topological polar surface area (TPSA) is 43.8 Å². The minimum atomic E-state index is 0.530. The molecule has 1 aromatic heterocycles. The lowest BCUT2D eigenvalue weighted by atomic mass is 10.2. The van der Waals surface area contributed by atoms with Gasteiger partial charge in [0.05, 0.1) is 5.69 Å². The van der Waals surface area contributed by atoms with Crippen LogP contribution in [-0.2, 0) is 7.05 Å². The van der Waals surface area contributed by atoms with Gasteiger partial charge in [-0.3, -0.25) is 0 Å². The Bertz CT molecular complexity index is 425. The van der Waals surface area contributed by atoms with Crippen molar-refractivity contribution >= 4 is 21.9 Å². The summed E-state index contributed by atoms with van der Waals surface area (Å²) in [5.41, 5.74) is 7.62. The van der Waals surface area contributed by atoms with E-state index < -0.39 is 0 Å². The maximum atomic E-state index is 5.65. The van der Waals surface area contributed by atoms with Crippen LogP contribution in [0.4, 0.5) is 5.95 Å². The fraction of sp³-hybridized carbons (Fsp3) is 0.100. The molecule has 0 bridgehead atoms. The standard InChI is InChI=1S/C10H10BrN3/c1-14-6-9(13-10(14)12)7-2-4-8(11)5-3-7/h2-6H,1H3,(H2,12,13). The number of nitrogens with two attached hydrogens (primary N) is 1. The van der Waals surface area contributed by atoms with Crippen molar-refractivity contribution < 1.29 is 0 Å². The van der Waals surface area contributed by atoms with Crippen LogP contribution < -0.4 is 5.73 Å². The second-order valence-corrected chi connectivity index (χ2v) is 4.02. The molecule has 0 amide bonds. The molecule has 14 heavy (non-hydrogen) atoms. The predicted octanol–water partition coefficient (Wildman–Crippen LogP) is 2.43. The van der Waals surface area contributed by atoms with E-state index >= 15 is 0 Å². The van der Waals surface area contributed by atoms with Gasteiger partial charge in [-0.25, -0.2) is 4.98 Å². The van der Waals surface area contributed by atoms with Crippen LogP contribution in [0.2, 0.25) is 0 Å². The van der Waals surface area contributed by atoms with Crippen LogP contribution in [0.25, 0.3) is 11.3 Å². The van der Waals surface area contributed by atoms with Gasteiger partial charge in [0.25, 0.3) is 0 Å². The number of halogens is 1. The zero-order chi connectivity index (χ0) is 10.1. The Morgan fingerprint density at radius 2 is 1.93 bits per heavy atom. The quantitative estimate of drug-likeness (QED) is 0.847. The van der Waals surface area contributed by atoms with Crippen molar-refractivity contribution in [2.75, 3.05) is 5.73 Å². The van der Waals surface area contributed by atoms with Crippen molar-refractivity contribution in [3.8, 4) is 11.3 Å². The van der Waals surface area contributed by atoms with Gasteiger partial charge in [-0.05, 0) is 12.1 Å². The third kappa shape index (κ3) is 1.65. The van der Waals surface area contributed by atoms with Crippen LogP contribution in [0, 0.1) is 0 Å². The second-order valence-electron chi connectivity index (χ2n) is 3.10. The lowest BCUT2D eigenvalue weighted by Gasteiger charge is -1.95. The first-order valence-electron chi connectivity index (χ1n) is 4.21. The highest BCUT2D eigenvalue weighted by molar-refractivity contribution is 9.10. The van der Waals surface area contributed by atoms with Crippen LogP contribution in [0.5, 0.6) is 0 Å². The Morgan fingerprint density at radius 1 is 1.29 bits per heavy atom. The third-order valence-electron chi connectivity index (χ3n) is 2.05. The number of hydrogen-bond donors (Lipinski definition) is 1. The molecular weight excluding hydrogens is 242 g/mol. The fourth-order valence-electron chi connectivity index (χ4n) is 1.24. The molecule has 2 N–H and O–H groups in total. The molecule has 3 nitrogen and oxygen atoms in total. The summed E-state index contributed by atoms with van der Waals surface area (Å²) < 4.78 is 2.86. The first-order chi connectivity index (χ1) is 6.66. The van der Waals surface area contributed by atoms with Crippen molar-refractivity contribution in [2.45, 2.75) is 0 Å². The molecule has 0 saturated carbocycles. The first-order valence-corrected chi connectivity index (χ1v) is 5.01. The zero-order valence-electron chi connectivity index (χ0n) is 7.74. The van der Waals surface area contributed by atoms with Crippen LogP contribution in [0.15, 0.2) is 34.9 Å². The number of rotatable bonds is 1. The summed E-state index contributed by atoms with van der Waals surface area (Å²) in [5.74, 6) is 0.530. The summed E-state index contributed by atoms with van der Waals surface area (Å²) in [6.07, 6.45) is 1.92. The summed E-state index contributed by atoms with van der Waals surface area (Å²) in [5, 5.41) is 0. The number of hydrogen-bond acceptors (Lipinski definition) is 2. The Hall–Kier alpha value is -1.29. The summed E-state index contributed by atoms with van der Waals surface area (Å²) in [6.45, 7) is 0. The molecule has 0 aliphatic rings. The molecule has 0 atom stereocenters. The van der Waals surface area contributed by atoms with E-state index in [0.717, 1.165) is 15.7 Å². The highest BCUT2D eigenvalue weighted by Crippen LogP contribution is 2.21. The van der Waals surface area contributed by atoms with Crippen LogP contribution in [0.1, 0.15) is 0 Å². The molecular formula is C10H10BrN3. The number of aryl methyl sites for hydroxylation is 1. The maximum Gasteiger partial charge on any atom is 0.200 e. The molecule has 1 heterocycles. The van der Waals surface area contributed by atoms with Gasteiger partial charge in [-0.1, -0.05) is 28.1 Å². The van der Waals surface area contributed by atoms with Gasteiger partial charge in [-0.15, -0.1) is 0 Å². The number of imidazole rings is 1. The molecule has 0 saturated heterocycles. The minimum Gasteiger partial charge on any atom is -0.369 e. The molecule has 4 heteroatoms. The monoisotopic (exact) mass is 251 g/mol. The minimum absolute atomic E-state index is 0.530. The molecule has 0 spiro atoms. The molecule has 2 rings (SSSR count). The van der Waals surface area contributed by atoms with Gasteiger partial charge in [0.2, 0.25) is 0 Å². The van der Waals surface area contributed by atoms with Gasteiger partial charge in [0, 0.05) is 23.3 Å². The van der Waals surface area contributed by atoms with E-state index in [9.17, 15) is 0 Å². The van der Waals surface area contributed by atoms with Gasteiger partial charge >= 0.3 is 0 Å². The highest BCUT2D eigenvalue weighted by atomic mass is 79.9. The molecule has 0 aliphatic heterocycles. The van der Waals surface area contributed by atoms with Crippen molar-refractivity contribution in [1.29, 1.82) is 0 Å². The van der Waals surface area contributed by atoms with Crippen LogP contribution in [-0.4, -0.2) is 9.55 Å². The van der Waals surface area contributed by atoms with Gasteiger partial charge < -0.3 is 10.3 Å².